The Morgan fingerprint density at radius 2 is 1.92 bits per heavy atom. The molecule has 0 fully saturated rings. The van der Waals surface area contributed by atoms with E-state index in [1.807, 2.05) is 36.6 Å². The summed E-state index contributed by atoms with van der Waals surface area (Å²) in [5, 5.41) is 10.8. The molecule has 134 valence electrons. The van der Waals surface area contributed by atoms with Gasteiger partial charge < -0.3 is 14.0 Å². The van der Waals surface area contributed by atoms with Gasteiger partial charge in [-0.3, -0.25) is 0 Å². The van der Waals surface area contributed by atoms with E-state index in [1.165, 1.54) is 0 Å². The first-order valence-electron chi connectivity index (χ1n) is 8.82. The molecule has 0 radical (unpaired) electrons. The first-order valence-corrected chi connectivity index (χ1v) is 10.0. The standard InChI is InChI=1S/C21H23N3OS/c1-4-12-25-17-10-11-18-19(14-22)21(24(5-2)20(18)13-17)15-6-8-16(9-7-15)23-26-3/h6-11,13,23H,4-5,12H2,1-3H3. The van der Waals surface area contributed by atoms with Crippen LogP contribution in [-0.4, -0.2) is 17.4 Å². The molecule has 4 nitrogen and oxygen atoms in total. The van der Waals surface area contributed by atoms with Gasteiger partial charge in [-0.1, -0.05) is 31.0 Å². The van der Waals surface area contributed by atoms with Gasteiger partial charge in [-0.2, -0.15) is 5.26 Å². The minimum atomic E-state index is 0.695. The molecule has 0 aliphatic carbocycles. The van der Waals surface area contributed by atoms with E-state index in [0.717, 1.165) is 52.1 Å². The number of nitrogens with one attached hydrogen (secondary N) is 1. The maximum Gasteiger partial charge on any atom is 0.121 e. The SMILES string of the molecule is CCCOc1ccc2c(C#N)c(-c3ccc(NSC)cc3)n(CC)c2c1. The summed E-state index contributed by atoms with van der Waals surface area (Å²) >= 11 is 1.56. The van der Waals surface area contributed by atoms with E-state index in [9.17, 15) is 5.26 Å². The van der Waals surface area contributed by atoms with Crippen LogP contribution in [0.2, 0.25) is 0 Å². The van der Waals surface area contributed by atoms with Crippen molar-refractivity contribution in [1.29, 1.82) is 5.26 Å². The highest BCUT2D eigenvalue weighted by Gasteiger charge is 2.18. The number of aromatic nitrogens is 1. The lowest BCUT2D eigenvalue weighted by Gasteiger charge is -2.10. The van der Waals surface area contributed by atoms with Crippen molar-refractivity contribution >= 4 is 28.5 Å². The molecule has 3 aromatic rings. The molecule has 2 aromatic carbocycles. The van der Waals surface area contributed by atoms with Crippen LogP contribution in [0.1, 0.15) is 25.8 Å². The summed E-state index contributed by atoms with van der Waals surface area (Å²) < 4.78 is 11.2. The van der Waals surface area contributed by atoms with Crippen molar-refractivity contribution < 1.29 is 4.74 Å². The second-order valence-electron chi connectivity index (χ2n) is 5.99. The van der Waals surface area contributed by atoms with Crippen molar-refractivity contribution in [3.05, 3.63) is 48.0 Å². The van der Waals surface area contributed by atoms with Crippen LogP contribution < -0.4 is 9.46 Å². The first kappa shape index (κ1) is 18.2. The zero-order valence-corrected chi connectivity index (χ0v) is 16.2. The molecule has 5 heteroatoms. The van der Waals surface area contributed by atoms with Crippen molar-refractivity contribution in [3.8, 4) is 23.1 Å². The van der Waals surface area contributed by atoms with E-state index in [1.54, 1.807) is 11.9 Å². The van der Waals surface area contributed by atoms with Gasteiger partial charge in [0.25, 0.3) is 0 Å². The number of aryl methyl sites for hydroxylation is 1. The highest BCUT2D eigenvalue weighted by molar-refractivity contribution is 7.99. The van der Waals surface area contributed by atoms with Gasteiger partial charge in [0.15, 0.2) is 0 Å². The number of hydrogen-bond acceptors (Lipinski definition) is 4. The first-order chi connectivity index (χ1) is 12.7. The van der Waals surface area contributed by atoms with Crippen LogP contribution in [0.25, 0.3) is 22.2 Å². The third kappa shape index (κ3) is 3.38. The molecule has 0 aliphatic rings. The Balaban J connectivity index is 2.15. The highest BCUT2D eigenvalue weighted by atomic mass is 32.2. The lowest BCUT2D eigenvalue weighted by molar-refractivity contribution is 0.318. The topological polar surface area (TPSA) is 50.0 Å². The second kappa shape index (κ2) is 8.20. The monoisotopic (exact) mass is 365 g/mol. The number of anilines is 1. The number of benzene rings is 2. The van der Waals surface area contributed by atoms with Gasteiger partial charge in [-0.15, -0.1) is 0 Å². The van der Waals surface area contributed by atoms with Gasteiger partial charge in [-0.25, -0.2) is 0 Å². The Hall–Kier alpha value is -2.58. The molecule has 0 saturated heterocycles. The quantitative estimate of drug-likeness (QED) is 0.547. The smallest absolute Gasteiger partial charge is 0.121 e. The normalized spacial score (nSPS) is 10.7. The van der Waals surface area contributed by atoms with Gasteiger partial charge >= 0.3 is 0 Å². The van der Waals surface area contributed by atoms with E-state index >= 15 is 0 Å². The van der Waals surface area contributed by atoms with Crippen molar-refractivity contribution in [2.45, 2.75) is 26.8 Å². The molecule has 0 aliphatic heterocycles. The summed E-state index contributed by atoms with van der Waals surface area (Å²) in [5.74, 6) is 0.849. The summed E-state index contributed by atoms with van der Waals surface area (Å²) in [6.45, 7) is 5.68. The maximum atomic E-state index is 9.83. The summed E-state index contributed by atoms with van der Waals surface area (Å²) in [5.41, 5.74) is 4.82. The Labute approximate surface area is 158 Å². The zero-order chi connectivity index (χ0) is 18.5. The van der Waals surface area contributed by atoms with E-state index in [-0.39, 0.29) is 0 Å². The van der Waals surface area contributed by atoms with E-state index in [2.05, 4.69) is 41.3 Å². The van der Waals surface area contributed by atoms with Gasteiger partial charge in [0.05, 0.1) is 23.4 Å². The zero-order valence-electron chi connectivity index (χ0n) is 15.4. The van der Waals surface area contributed by atoms with Gasteiger partial charge in [0.2, 0.25) is 0 Å². The van der Waals surface area contributed by atoms with E-state index < -0.39 is 0 Å². The highest BCUT2D eigenvalue weighted by Crippen LogP contribution is 2.35. The minimum absolute atomic E-state index is 0.695. The average Bonchev–Trinajstić information content (AvgIpc) is 2.99. The van der Waals surface area contributed by atoms with Crippen molar-refractivity contribution in [1.82, 2.24) is 4.57 Å². The number of hydrogen-bond donors (Lipinski definition) is 1. The van der Waals surface area contributed by atoms with Crippen molar-refractivity contribution in [3.63, 3.8) is 0 Å². The van der Waals surface area contributed by atoms with Crippen molar-refractivity contribution in [2.24, 2.45) is 0 Å². The molecule has 0 bridgehead atoms. The Morgan fingerprint density at radius 3 is 2.54 bits per heavy atom. The van der Waals surface area contributed by atoms with Crippen LogP contribution in [0.5, 0.6) is 5.75 Å². The van der Waals surface area contributed by atoms with Crippen LogP contribution in [0.15, 0.2) is 42.5 Å². The molecule has 3 rings (SSSR count). The van der Waals surface area contributed by atoms with Crippen LogP contribution in [-0.2, 0) is 6.54 Å². The van der Waals surface area contributed by atoms with Gasteiger partial charge in [0.1, 0.15) is 11.8 Å². The lowest BCUT2D eigenvalue weighted by atomic mass is 10.1. The maximum absolute atomic E-state index is 9.83. The molecule has 1 aromatic heterocycles. The van der Waals surface area contributed by atoms with E-state index in [4.69, 9.17) is 4.74 Å². The Bertz CT molecular complexity index is 939. The molecule has 0 amide bonds. The molecular weight excluding hydrogens is 342 g/mol. The van der Waals surface area contributed by atoms with Gasteiger partial charge in [0, 0.05) is 29.9 Å². The summed E-state index contributed by atoms with van der Waals surface area (Å²) in [6.07, 6.45) is 2.97. The number of nitriles is 1. The lowest BCUT2D eigenvalue weighted by Crippen LogP contribution is -1.99. The summed E-state index contributed by atoms with van der Waals surface area (Å²) in [4.78, 5) is 0. The summed E-state index contributed by atoms with van der Waals surface area (Å²) in [7, 11) is 0. The second-order valence-corrected chi connectivity index (χ2v) is 6.60. The third-order valence-electron chi connectivity index (χ3n) is 4.32. The van der Waals surface area contributed by atoms with E-state index in [0.29, 0.717) is 6.61 Å². The molecule has 1 N–H and O–H groups in total. The number of fused-ring (bicyclic) bond motifs is 1. The molecule has 0 spiro atoms. The number of nitrogens with zero attached hydrogens (tertiary/aromatic N) is 2. The third-order valence-corrected chi connectivity index (χ3v) is 4.76. The summed E-state index contributed by atoms with van der Waals surface area (Å²) in [6, 6.07) is 16.6. The largest absolute Gasteiger partial charge is 0.494 e. The van der Waals surface area contributed by atoms with Crippen LogP contribution in [0, 0.1) is 11.3 Å². The predicted octanol–water partition coefficient (Wildman–Crippen LogP) is 5.68. The molecule has 1 heterocycles. The van der Waals surface area contributed by atoms with Crippen LogP contribution >= 0.6 is 11.9 Å². The van der Waals surface area contributed by atoms with Gasteiger partial charge in [-0.05, 0) is 43.2 Å². The Kier molecular flexibility index (Phi) is 5.75. The predicted molar refractivity (Wildman–Crippen MR) is 111 cm³/mol. The van der Waals surface area contributed by atoms with Crippen molar-refractivity contribution in [2.75, 3.05) is 17.6 Å². The molecular formula is C21H23N3OS. The fourth-order valence-electron chi connectivity index (χ4n) is 3.19. The Morgan fingerprint density at radius 1 is 1.15 bits per heavy atom. The van der Waals surface area contributed by atoms with Crippen LogP contribution in [0.3, 0.4) is 0 Å². The number of rotatable bonds is 7. The fourth-order valence-corrected chi connectivity index (χ4v) is 3.57. The fraction of sp³-hybridized carbons (Fsp3) is 0.286. The molecule has 0 atom stereocenters. The molecule has 26 heavy (non-hydrogen) atoms. The molecule has 0 saturated carbocycles. The van der Waals surface area contributed by atoms with Crippen LogP contribution in [0.4, 0.5) is 5.69 Å². The molecule has 0 unspecified atom stereocenters. The minimum Gasteiger partial charge on any atom is -0.494 e. The average molecular weight is 366 g/mol. The number of ether oxygens (including phenoxy) is 1.